The third-order valence-corrected chi connectivity index (χ3v) is 5.69. The van der Waals surface area contributed by atoms with E-state index in [0.29, 0.717) is 5.92 Å². The van der Waals surface area contributed by atoms with Crippen molar-refractivity contribution in [3.05, 3.63) is 29.8 Å². The first-order valence-corrected chi connectivity index (χ1v) is 8.76. The van der Waals surface area contributed by atoms with Gasteiger partial charge in [-0.3, -0.25) is 0 Å². The van der Waals surface area contributed by atoms with E-state index in [2.05, 4.69) is 43.0 Å². The van der Waals surface area contributed by atoms with E-state index in [1.165, 1.54) is 43.5 Å². The number of hydrogen-bond acceptors (Lipinski definition) is 2. The predicted molar refractivity (Wildman–Crippen MR) is 90.8 cm³/mol. The summed E-state index contributed by atoms with van der Waals surface area (Å²) in [5.74, 6) is 2.38. The van der Waals surface area contributed by atoms with Crippen LogP contribution in [0.5, 0.6) is 0 Å². The Morgan fingerprint density at radius 2 is 2.05 bits per heavy atom. The maximum Gasteiger partial charge on any atom is 0.0405 e. The monoisotopic (exact) mass is 286 g/mol. The average Bonchev–Trinajstić information content (AvgIpc) is 2.87. The molecule has 1 aliphatic heterocycles. The number of anilines is 1. The van der Waals surface area contributed by atoms with Crippen LogP contribution in [0, 0.1) is 11.8 Å². The van der Waals surface area contributed by atoms with Crippen molar-refractivity contribution < 1.29 is 0 Å². The number of nitrogens with zero attached hydrogens (tertiary/aromatic N) is 1. The molecule has 2 N–H and O–H groups in total. The highest BCUT2D eigenvalue weighted by molar-refractivity contribution is 5.61. The minimum atomic E-state index is 0.644. The first-order valence-electron chi connectivity index (χ1n) is 8.76. The molecule has 0 spiro atoms. The molecule has 21 heavy (non-hydrogen) atoms. The number of nitrogens with two attached hydrogens (primary N) is 1. The van der Waals surface area contributed by atoms with Gasteiger partial charge in [-0.15, -0.1) is 0 Å². The zero-order chi connectivity index (χ0) is 14.8. The van der Waals surface area contributed by atoms with Gasteiger partial charge in [0.25, 0.3) is 0 Å². The van der Waals surface area contributed by atoms with Crippen molar-refractivity contribution in [1.29, 1.82) is 0 Å². The van der Waals surface area contributed by atoms with Crippen LogP contribution in [0.15, 0.2) is 24.3 Å². The molecule has 1 fully saturated rings. The van der Waals surface area contributed by atoms with E-state index in [0.717, 1.165) is 30.8 Å². The van der Waals surface area contributed by atoms with Crippen molar-refractivity contribution in [2.75, 3.05) is 18.0 Å². The quantitative estimate of drug-likeness (QED) is 0.900. The van der Waals surface area contributed by atoms with Gasteiger partial charge in [0, 0.05) is 24.2 Å². The van der Waals surface area contributed by atoms with Gasteiger partial charge in [-0.05, 0) is 49.3 Å². The molecular weight excluding hydrogens is 256 g/mol. The van der Waals surface area contributed by atoms with E-state index in [-0.39, 0.29) is 0 Å². The highest BCUT2D eigenvalue weighted by atomic mass is 15.2. The van der Waals surface area contributed by atoms with Gasteiger partial charge in [0.2, 0.25) is 0 Å². The Bertz CT molecular complexity index is 468. The molecule has 0 aromatic heterocycles. The zero-order valence-corrected chi connectivity index (χ0v) is 13.6. The molecule has 1 aromatic rings. The fourth-order valence-corrected chi connectivity index (χ4v) is 4.41. The third-order valence-electron chi connectivity index (χ3n) is 5.69. The molecule has 0 amide bonds. The number of para-hydroxylation sites is 1. The molecule has 2 aliphatic rings. The van der Waals surface area contributed by atoms with Gasteiger partial charge in [0.15, 0.2) is 0 Å². The topological polar surface area (TPSA) is 29.3 Å². The van der Waals surface area contributed by atoms with Gasteiger partial charge in [-0.25, -0.2) is 0 Å². The van der Waals surface area contributed by atoms with E-state index >= 15 is 0 Å². The first kappa shape index (κ1) is 14.9. The van der Waals surface area contributed by atoms with E-state index in [4.69, 9.17) is 5.73 Å². The van der Waals surface area contributed by atoms with Crippen LogP contribution in [0.25, 0.3) is 0 Å². The highest BCUT2D eigenvalue weighted by Gasteiger charge is 2.35. The molecule has 3 rings (SSSR count). The number of benzene rings is 1. The van der Waals surface area contributed by atoms with Crippen LogP contribution < -0.4 is 10.6 Å². The summed E-state index contributed by atoms with van der Waals surface area (Å²) >= 11 is 0. The van der Waals surface area contributed by atoms with Crippen LogP contribution in [0.1, 0.15) is 57.4 Å². The largest absolute Gasteiger partial charge is 0.368 e. The maximum atomic E-state index is 5.83. The van der Waals surface area contributed by atoms with Gasteiger partial charge in [0.05, 0.1) is 0 Å². The molecule has 1 heterocycles. The highest BCUT2D eigenvalue weighted by Crippen LogP contribution is 2.42. The van der Waals surface area contributed by atoms with Crippen molar-refractivity contribution in [3.63, 3.8) is 0 Å². The average molecular weight is 286 g/mol. The van der Waals surface area contributed by atoms with Crippen molar-refractivity contribution >= 4 is 5.69 Å². The van der Waals surface area contributed by atoms with Crippen molar-refractivity contribution in [3.8, 4) is 0 Å². The maximum absolute atomic E-state index is 5.83. The Hall–Kier alpha value is -1.02. The SMILES string of the molecule is CC(C)C1CCCC(N2CC(CCN)c3ccccc32)C1. The lowest BCUT2D eigenvalue weighted by Gasteiger charge is -2.38. The summed E-state index contributed by atoms with van der Waals surface area (Å²) in [6, 6.07) is 9.77. The summed E-state index contributed by atoms with van der Waals surface area (Å²) in [6.45, 7) is 6.77. The normalized spacial score (nSPS) is 29.0. The lowest BCUT2D eigenvalue weighted by atomic mass is 9.79. The Kier molecular flexibility index (Phi) is 4.54. The smallest absolute Gasteiger partial charge is 0.0405 e. The van der Waals surface area contributed by atoms with Crippen LogP contribution in [0.2, 0.25) is 0 Å². The summed E-state index contributed by atoms with van der Waals surface area (Å²) in [7, 11) is 0. The van der Waals surface area contributed by atoms with Crippen LogP contribution in [-0.4, -0.2) is 19.1 Å². The second-order valence-electron chi connectivity index (χ2n) is 7.31. The van der Waals surface area contributed by atoms with Crippen LogP contribution in [0.3, 0.4) is 0 Å². The lowest BCUT2D eigenvalue weighted by molar-refractivity contribution is 0.248. The van der Waals surface area contributed by atoms with Gasteiger partial charge >= 0.3 is 0 Å². The van der Waals surface area contributed by atoms with E-state index in [1.807, 2.05) is 0 Å². The summed E-state index contributed by atoms with van der Waals surface area (Å²) in [6.07, 6.45) is 6.69. The predicted octanol–water partition coefficient (Wildman–Crippen LogP) is 4.15. The van der Waals surface area contributed by atoms with E-state index in [1.54, 1.807) is 0 Å². The molecule has 3 unspecified atom stereocenters. The fourth-order valence-electron chi connectivity index (χ4n) is 4.41. The number of fused-ring (bicyclic) bond motifs is 1. The van der Waals surface area contributed by atoms with Gasteiger partial charge in [-0.2, -0.15) is 0 Å². The van der Waals surface area contributed by atoms with Crippen LogP contribution in [0.4, 0.5) is 5.69 Å². The number of hydrogen-bond donors (Lipinski definition) is 1. The van der Waals surface area contributed by atoms with Gasteiger partial charge in [-0.1, -0.05) is 44.9 Å². The Balaban J connectivity index is 1.80. The molecular formula is C19H30N2. The minimum Gasteiger partial charge on any atom is -0.368 e. The standard InChI is InChI=1S/C19H30N2/c1-14(2)15-6-5-7-17(12-15)21-13-16(10-11-20)18-8-3-4-9-19(18)21/h3-4,8-9,14-17H,5-7,10-13,20H2,1-2H3. The summed E-state index contributed by atoms with van der Waals surface area (Å²) in [5.41, 5.74) is 8.86. The van der Waals surface area contributed by atoms with Crippen molar-refractivity contribution in [2.45, 2.75) is 57.9 Å². The molecule has 0 radical (unpaired) electrons. The minimum absolute atomic E-state index is 0.644. The molecule has 0 bridgehead atoms. The second kappa shape index (κ2) is 6.39. The zero-order valence-electron chi connectivity index (χ0n) is 13.6. The van der Waals surface area contributed by atoms with E-state index in [9.17, 15) is 0 Å². The summed E-state index contributed by atoms with van der Waals surface area (Å²) < 4.78 is 0. The van der Waals surface area contributed by atoms with Crippen LogP contribution in [-0.2, 0) is 0 Å². The first-order chi connectivity index (χ1) is 10.2. The molecule has 1 aromatic carbocycles. The molecule has 1 aliphatic carbocycles. The van der Waals surface area contributed by atoms with Crippen molar-refractivity contribution in [1.82, 2.24) is 0 Å². The Morgan fingerprint density at radius 3 is 2.81 bits per heavy atom. The van der Waals surface area contributed by atoms with Crippen LogP contribution >= 0.6 is 0 Å². The number of rotatable bonds is 4. The molecule has 2 heteroatoms. The van der Waals surface area contributed by atoms with Crippen molar-refractivity contribution in [2.24, 2.45) is 17.6 Å². The summed E-state index contributed by atoms with van der Waals surface area (Å²) in [4.78, 5) is 2.71. The van der Waals surface area contributed by atoms with Gasteiger partial charge in [0.1, 0.15) is 0 Å². The molecule has 116 valence electrons. The molecule has 1 saturated carbocycles. The Morgan fingerprint density at radius 1 is 1.24 bits per heavy atom. The lowest BCUT2D eigenvalue weighted by Crippen LogP contribution is -2.39. The van der Waals surface area contributed by atoms with E-state index < -0.39 is 0 Å². The van der Waals surface area contributed by atoms with Gasteiger partial charge < -0.3 is 10.6 Å². The Labute approximate surface area is 129 Å². The molecule has 3 atom stereocenters. The fraction of sp³-hybridized carbons (Fsp3) is 0.684. The molecule has 0 saturated heterocycles. The molecule has 2 nitrogen and oxygen atoms in total. The third kappa shape index (κ3) is 2.96. The summed E-state index contributed by atoms with van der Waals surface area (Å²) in [5, 5.41) is 0. The second-order valence-corrected chi connectivity index (χ2v) is 7.31.